The number of amides is 2. The second kappa shape index (κ2) is 5.43. The molecule has 0 aliphatic carbocycles. The fraction of sp³-hybridized carbons (Fsp3) is 0.636. The normalized spacial score (nSPS) is 16.8. The van der Waals surface area contributed by atoms with E-state index in [4.69, 9.17) is 5.73 Å². The predicted octanol–water partition coefficient (Wildman–Crippen LogP) is 0.438. The molecule has 1 fully saturated rings. The molecule has 0 radical (unpaired) electrons. The number of aromatic nitrogens is 2. The Morgan fingerprint density at radius 1 is 1.44 bits per heavy atom. The molecule has 2 amide bonds. The maximum Gasteiger partial charge on any atom is 0.267 e. The Morgan fingerprint density at radius 3 is 2.67 bits per heavy atom. The number of nitrogens with zero attached hydrogens (tertiary/aromatic N) is 3. The van der Waals surface area contributed by atoms with Crippen LogP contribution in [0.4, 0.5) is 0 Å². The van der Waals surface area contributed by atoms with Crippen LogP contribution in [0.15, 0.2) is 0 Å². The third-order valence-corrected chi connectivity index (χ3v) is 4.03. The number of piperidine rings is 1. The maximum atomic E-state index is 12.3. The van der Waals surface area contributed by atoms with Gasteiger partial charge in [0.1, 0.15) is 4.88 Å². The topological polar surface area (TPSA) is 89.2 Å². The highest BCUT2D eigenvalue weighted by Crippen LogP contribution is 2.21. The lowest BCUT2D eigenvalue weighted by atomic mass is 9.96. The lowest BCUT2D eigenvalue weighted by Gasteiger charge is -2.30. The standard InChI is InChI=1S/C11H16N4O2S/c1-2-8-9(18-14-13-8)11(17)15-5-3-7(4-6-15)10(12)16/h7H,2-6H2,1H3,(H2,12,16). The minimum absolute atomic E-state index is 0.0234. The Kier molecular flexibility index (Phi) is 3.90. The lowest BCUT2D eigenvalue weighted by Crippen LogP contribution is -2.41. The summed E-state index contributed by atoms with van der Waals surface area (Å²) >= 11 is 1.14. The van der Waals surface area contributed by atoms with Crippen molar-refractivity contribution in [1.29, 1.82) is 0 Å². The van der Waals surface area contributed by atoms with Gasteiger partial charge in [0.25, 0.3) is 5.91 Å². The quantitative estimate of drug-likeness (QED) is 0.861. The van der Waals surface area contributed by atoms with Crippen LogP contribution in [-0.2, 0) is 11.2 Å². The molecule has 2 rings (SSSR count). The molecule has 1 aliphatic rings. The minimum Gasteiger partial charge on any atom is -0.369 e. The Balaban J connectivity index is 2.02. The molecule has 0 bridgehead atoms. The first kappa shape index (κ1) is 12.9. The van der Waals surface area contributed by atoms with Gasteiger partial charge >= 0.3 is 0 Å². The fourth-order valence-corrected chi connectivity index (χ4v) is 2.83. The summed E-state index contributed by atoms with van der Waals surface area (Å²) in [7, 11) is 0. The van der Waals surface area contributed by atoms with Gasteiger partial charge in [-0.05, 0) is 30.8 Å². The van der Waals surface area contributed by atoms with E-state index in [1.54, 1.807) is 4.90 Å². The van der Waals surface area contributed by atoms with Crippen LogP contribution in [0.1, 0.15) is 35.1 Å². The van der Waals surface area contributed by atoms with Crippen molar-refractivity contribution in [2.45, 2.75) is 26.2 Å². The summed E-state index contributed by atoms with van der Waals surface area (Å²) in [5, 5.41) is 3.94. The van der Waals surface area contributed by atoms with Gasteiger partial charge in [-0.15, -0.1) is 5.10 Å². The smallest absolute Gasteiger partial charge is 0.267 e. The number of carbonyl (C=O) groups is 2. The van der Waals surface area contributed by atoms with Crippen LogP contribution in [-0.4, -0.2) is 39.4 Å². The van der Waals surface area contributed by atoms with Gasteiger partial charge in [-0.2, -0.15) is 0 Å². The van der Waals surface area contributed by atoms with Crippen LogP contribution < -0.4 is 5.73 Å². The van der Waals surface area contributed by atoms with Crippen molar-refractivity contribution >= 4 is 23.3 Å². The highest BCUT2D eigenvalue weighted by atomic mass is 32.1. The van der Waals surface area contributed by atoms with Gasteiger partial charge in [0.2, 0.25) is 5.91 Å². The molecule has 1 saturated heterocycles. The van der Waals surface area contributed by atoms with E-state index in [-0.39, 0.29) is 17.7 Å². The first-order valence-electron chi connectivity index (χ1n) is 6.03. The number of nitrogens with two attached hydrogens (primary N) is 1. The predicted molar refractivity (Wildman–Crippen MR) is 67.1 cm³/mol. The van der Waals surface area contributed by atoms with Gasteiger partial charge in [0.15, 0.2) is 0 Å². The summed E-state index contributed by atoms with van der Waals surface area (Å²) in [5.41, 5.74) is 6.02. The van der Waals surface area contributed by atoms with Crippen LogP contribution in [0.5, 0.6) is 0 Å². The number of hydrogen-bond acceptors (Lipinski definition) is 5. The van der Waals surface area contributed by atoms with Crippen molar-refractivity contribution in [2.75, 3.05) is 13.1 Å². The largest absolute Gasteiger partial charge is 0.369 e. The summed E-state index contributed by atoms with van der Waals surface area (Å²) in [6.07, 6.45) is 2.00. The zero-order valence-corrected chi connectivity index (χ0v) is 11.1. The molecule has 98 valence electrons. The summed E-state index contributed by atoms with van der Waals surface area (Å²) in [6.45, 7) is 3.10. The molecular formula is C11H16N4O2S. The lowest BCUT2D eigenvalue weighted by molar-refractivity contribution is -0.123. The summed E-state index contributed by atoms with van der Waals surface area (Å²) in [4.78, 5) is 25.7. The molecule has 0 saturated carbocycles. The van der Waals surface area contributed by atoms with Crippen LogP contribution in [0, 0.1) is 5.92 Å². The maximum absolute atomic E-state index is 12.3. The van der Waals surface area contributed by atoms with Gasteiger partial charge in [0.05, 0.1) is 5.69 Å². The first-order valence-corrected chi connectivity index (χ1v) is 6.80. The van der Waals surface area contributed by atoms with Gasteiger partial charge in [-0.1, -0.05) is 11.4 Å². The van der Waals surface area contributed by atoms with Gasteiger partial charge in [-0.25, -0.2) is 0 Å². The summed E-state index contributed by atoms with van der Waals surface area (Å²) < 4.78 is 3.82. The highest BCUT2D eigenvalue weighted by molar-refractivity contribution is 7.08. The molecule has 1 aromatic heterocycles. The van der Waals surface area contributed by atoms with Gasteiger partial charge in [0, 0.05) is 19.0 Å². The SMILES string of the molecule is CCc1nnsc1C(=O)N1CCC(C(N)=O)CC1. The van der Waals surface area contributed by atoms with Crippen LogP contribution in [0.3, 0.4) is 0 Å². The van der Waals surface area contributed by atoms with E-state index in [1.807, 2.05) is 6.92 Å². The molecule has 0 spiro atoms. The number of hydrogen-bond donors (Lipinski definition) is 1. The molecule has 2 heterocycles. The Morgan fingerprint density at radius 2 is 2.11 bits per heavy atom. The Labute approximate surface area is 109 Å². The Hall–Kier alpha value is -1.50. The van der Waals surface area contributed by atoms with E-state index in [0.29, 0.717) is 37.2 Å². The van der Waals surface area contributed by atoms with E-state index in [0.717, 1.165) is 17.2 Å². The second-order valence-electron chi connectivity index (χ2n) is 4.37. The van der Waals surface area contributed by atoms with E-state index in [9.17, 15) is 9.59 Å². The number of primary amides is 1. The molecule has 18 heavy (non-hydrogen) atoms. The van der Waals surface area contributed by atoms with Crippen LogP contribution in [0.25, 0.3) is 0 Å². The van der Waals surface area contributed by atoms with Gasteiger partial charge in [-0.3, -0.25) is 9.59 Å². The third-order valence-electron chi connectivity index (χ3n) is 3.27. The van der Waals surface area contributed by atoms with Crippen molar-refractivity contribution in [3.63, 3.8) is 0 Å². The molecule has 7 heteroatoms. The van der Waals surface area contributed by atoms with Crippen LogP contribution >= 0.6 is 11.5 Å². The summed E-state index contributed by atoms with van der Waals surface area (Å²) in [6, 6.07) is 0. The molecule has 0 aromatic carbocycles. The van der Waals surface area contributed by atoms with Gasteiger partial charge < -0.3 is 10.6 Å². The molecular weight excluding hydrogens is 252 g/mol. The van der Waals surface area contributed by atoms with E-state index in [1.165, 1.54) is 0 Å². The second-order valence-corrected chi connectivity index (χ2v) is 5.13. The number of rotatable bonds is 3. The molecule has 2 N–H and O–H groups in total. The number of aryl methyl sites for hydroxylation is 1. The number of likely N-dealkylation sites (tertiary alicyclic amines) is 1. The fourth-order valence-electron chi connectivity index (χ4n) is 2.11. The zero-order chi connectivity index (χ0) is 13.1. The number of carbonyl (C=O) groups excluding carboxylic acids is 2. The highest BCUT2D eigenvalue weighted by Gasteiger charge is 2.28. The van der Waals surface area contributed by atoms with Crippen molar-refractivity contribution in [3.05, 3.63) is 10.6 Å². The van der Waals surface area contributed by atoms with Crippen molar-refractivity contribution in [1.82, 2.24) is 14.5 Å². The zero-order valence-electron chi connectivity index (χ0n) is 10.3. The monoisotopic (exact) mass is 268 g/mol. The van der Waals surface area contributed by atoms with Crippen molar-refractivity contribution in [2.24, 2.45) is 11.7 Å². The molecule has 1 aliphatic heterocycles. The average Bonchev–Trinajstić information content (AvgIpc) is 2.86. The summed E-state index contributed by atoms with van der Waals surface area (Å²) in [5.74, 6) is -0.389. The van der Waals surface area contributed by atoms with E-state index in [2.05, 4.69) is 9.59 Å². The van der Waals surface area contributed by atoms with Crippen molar-refractivity contribution < 1.29 is 9.59 Å². The van der Waals surface area contributed by atoms with E-state index < -0.39 is 0 Å². The molecule has 1 aromatic rings. The molecule has 0 atom stereocenters. The third kappa shape index (κ3) is 2.50. The molecule has 6 nitrogen and oxygen atoms in total. The minimum atomic E-state index is -0.268. The van der Waals surface area contributed by atoms with E-state index >= 15 is 0 Å². The molecule has 0 unspecified atom stereocenters. The van der Waals surface area contributed by atoms with Crippen LogP contribution in [0.2, 0.25) is 0 Å². The average molecular weight is 268 g/mol. The van der Waals surface area contributed by atoms with Crippen molar-refractivity contribution in [3.8, 4) is 0 Å². The Bertz CT molecular complexity index is 452. The first-order chi connectivity index (χ1) is 8.63.